The Hall–Kier alpha value is -3.90. The summed E-state index contributed by atoms with van der Waals surface area (Å²) in [4.78, 5) is 15.2. The molecule has 1 aliphatic heterocycles. The molecule has 6 nitrogen and oxygen atoms in total. The van der Waals surface area contributed by atoms with Gasteiger partial charge in [0.25, 0.3) is 5.91 Å². The Kier molecular flexibility index (Phi) is 6.87. The van der Waals surface area contributed by atoms with Crippen LogP contribution in [0.15, 0.2) is 83.4 Å². The predicted octanol–water partition coefficient (Wildman–Crippen LogP) is 5.45. The van der Waals surface area contributed by atoms with E-state index in [9.17, 15) is 9.90 Å². The van der Waals surface area contributed by atoms with E-state index in [-0.39, 0.29) is 11.8 Å². The minimum absolute atomic E-state index is 0.112. The first-order chi connectivity index (χ1) is 17.6. The van der Waals surface area contributed by atoms with E-state index in [0.29, 0.717) is 43.1 Å². The first kappa shape index (κ1) is 23.8. The van der Waals surface area contributed by atoms with Crippen LogP contribution in [0.5, 0.6) is 5.75 Å². The molecule has 3 aromatic carbocycles. The third kappa shape index (κ3) is 4.64. The second-order valence-electron chi connectivity index (χ2n) is 9.10. The number of ether oxygens (including phenoxy) is 1. The summed E-state index contributed by atoms with van der Waals surface area (Å²) < 4.78 is 11.3. The van der Waals surface area contributed by atoms with Gasteiger partial charge in [0.05, 0.1) is 18.3 Å². The number of rotatable bonds is 6. The Morgan fingerprint density at radius 2 is 1.67 bits per heavy atom. The van der Waals surface area contributed by atoms with Crippen molar-refractivity contribution < 1.29 is 19.2 Å². The van der Waals surface area contributed by atoms with Gasteiger partial charge < -0.3 is 19.3 Å². The summed E-state index contributed by atoms with van der Waals surface area (Å²) in [6, 6.07) is 25.9. The SMILES string of the molecule is CCc1noc(C)c1C(=O)N1CCOc2ccc([C@H](O)C(c3ccccc3)c3ccccc3)cc2C1. The average molecular weight is 483 g/mol. The predicted molar refractivity (Wildman–Crippen MR) is 137 cm³/mol. The van der Waals surface area contributed by atoms with Crippen molar-refractivity contribution in [3.63, 3.8) is 0 Å². The molecule has 0 spiro atoms. The van der Waals surface area contributed by atoms with Crippen LogP contribution in [-0.2, 0) is 13.0 Å². The highest BCUT2D eigenvalue weighted by atomic mass is 16.5. The van der Waals surface area contributed by atoms with Crippen molar-refractivity contribution in [1.82, 2.24) is 10.1 Å². The molecule has 2 heterocycles. The molecule has 1 aliphatic rings. The fourth-order valence-electron chi connectivity index (χ4n) is 4.93. The molecule has 1 atom stereocenters. The van der Waals surface area contributed by atoms with Gasteiger partial charge in [0, 0.05) is 18.0 Å². The van der Waals surface area contributed by atoms with Gasteiger partial charge in [-0.1, -0.05) is 78.8 Å². The highest BCUT2D eigenvalue weighted by Crippen LogP contribution is 2.38. The summed E-state index contributed by atoms with van der Waals surface area (Å²) in [5.41, 5.74) is 4.92. The van der Waals surface area contributed by atoms with E-state index in [1.165, 1.54) is 0 Å². The Bertz CT molecular complexity index is 1290. The Morgan fingerprint density at radius 3 is 2.31 bits per heavy atom. The average Bonchev–Trinajstić information content (AvgIpc) is 3.16. The lowest BCUT2D eigenvalue weighted by Crippen LogP contribution is -2.33. The van der Waals surface area contributed by atoms with E-state index in [4.69, 9.17) is 9.26 Å². The lowest BCUT2D eigenvalue weighted by atomic mass is 9.83. The number of fused-ring (bicyclic) bond motifs is 1. The number of aliphatic hydroxyl groups is 1. The molecular formula is C30H30N2O4. The van der Waals surface area contributed by atoms with Gasteiger partial charge in [0.2, 0.25) is 0 Å². The third-order valence-corrected chi connectivity index (χ3v) is 6.81. The Labute approximate surface area is 211 Å². The number of nitrogens with zero attached hydrogens (tertiary/aromatic N) is 2. The highest BCUT2D eigenvalue weighted by Gasteiger charge is 2.29. The number of aryl methyl sites for hydroxylation is 2. The van der Waals surface area contributed by atoms with Crippen LogP contribution in [0.1, 0.15) is 63.0 Å². The van der Waals surface area contributed by atoms with Crippen LogP contribution in [0.3, 0.4) is 0 Å². The largest absolute Gasteiger partial charge is 0.491 e. The third-order valence-electron chi connectivity index (χ3n) is 6.81. The first-order valence-electron chi connectivity index (χ1n) is 12.3. The first-order valence-corrected chi connectivity index (χ1v) is 12.3. The van der Waals surface area contributed by atoms with Gasteiger partial charge in [0.15, 0.2) is 0 Å². The number of benzene rings is 3. The van der Waals surface area contributed by atoms with Gasteiger partial charge >= 0.3 is 0 Å². The summed E-state index contributed by atoms with van der Waals surface area (Å²) in [5.74, 6) is 0.913. The monoisotopic (exact) mass is 482 g/mol. The van der Waals surface area contributed by atoms with E-state index in [1.807, 2.05) is 85.8 Å². The molecule has 0 aliphatic carbocycles. The molecule has 6 heteroatoms. The lowest BCUT2D eigenvalue weighted by molar-refractivity contribution is 0.0730. The molecule has 0 saturated carbocycles. The van der Waals surface area contributed by atoms with E-state index >= 15 is 0 Å². The quantitative estimate of drug-likeness (QED) is 0.396. The topological polar surface area (TPSA) is 75.8 Å². The summed E-state index contributed by atoms with van der Waals surface area (Å²) in [7, 11) is 0. The summed E-state index contributed by atoms with van der Waals surface area (Å²) in [6.07, 6.45) is -0.157. The molecule has 0 fully saturated rings. The van der Waals surface area contributed by atoms with Crippen LogP contribution in [-0.4, -0.2) is 34.2 Å². The van der Waals surface area contributed by atoms with Crippen LogP contribution < -0.4 is 4.74 Å². The minimum Gasteiger partial charge on any atom is -0.491 e. The lowest BCUT2D eigenvalue weighted by Gasteiger charge is -2.25. The smallest absolute Gasteiger partial charge is 0.259 e. The zero-order valence-electron chi connectivity index (χ0n) is 20.6. The summed E-state index contributed by atoms with van der Waals surface area (Å²) >= 11 is 0. The molecule has 184 valence electrons. The van der Waals surface area contributed by atoms with Gasteiger partial charge in [-0.3, -0.25) is 4.79 Å². The van der Waals surface area contributed by atoms with Crippen LogP contribution >= 0.6 is 0 Å². The highest BCUT2D eigenvalue weighted by molar-refractivity contribution is 5.96. The van der Waals surface area contributed by atoms with Crippen molar-refractivity contribution in [3.8, 4) is 5.75 Å². The van der Waals surface area contributed by atoms with E-state index in [2.05, 4.69) is 5.16 Å². The Morgan fingerprint density at radius 1 is 1.00 bits per heavy atom. The van der Waals surface area contributed by atoms with Crippen molar-refractivity contribution in [1.29, 1.82) is 0 Å². The molecule has 1 N–H and O–H groups in total. The fraction of sp³-hybridized carbons (Fsp3) is 0.267. The van der Waals surface area contributed by atoms with Crippen LogP contribution in [0, 0.1) is 6.92 Å². The maximum atomic E-state index is 13.4. The van der Waals surface area contributed by atoms with Gasteiger partial charge in [-0.25, -0.2) is 0 Å². The summed E-state index contributed by atoms with van der Waals surface area (Å²) in [6.45, 7) is 4.95. The maximum absolute atomic E-state index is 13.4. The molecular weight excluding hydrogens is 452 g/mol. The number of aliphatic hydroxyl groups excluding tert-OH is 1. The van der Waals surface area contributed by atoms with Crippen molar-refractivity contribution in [2.75, 3.05) is 13.2 Å². The number of hydrogen-bond donors (Lipinski definition) is 1. The summed E-state index contributed by atoms with van der Waals surface area (Å²) in [5, 5.41) is 15.7. The number of hydrogen-bond acceptors (Lipinski definition) is 5. The van der Waals surface area contributed by atoms with Gasteiger partial charge in [-0.05, 0) is 42.2 Å². The van der Waals surface area contributed by atoms with Crippen molar-refractivity contribution >= 4 is 5.91 Å². The number of carbonyl (C=O) groups excluding carboxylic acids is 1. The minimum atomic E-state index is -0.778. The van der Waals surface area contributed by atoms with Crippen molar-refractivity contribution in [2.24, 2.45) is 0 Å². The second-order valence-corrected chi connectivity index (χ2v) is 9.10. The molecule has 0 radical (unpaired) electrons. The molecule has 1 amide bonds. The maximum Gasteiger partial charge on any atom is 0.259 e. The van der Waals surface area contributed by atoms with Gasteiger partial charge in [-0.2, -0.15) is 0 Å². The molecule has 5 rings (SSSR count). The molecule has 0 unspecified atom stereocenters. The fourth-order valence-corrected chi connectivity index (χ4v) is 4.93. The van der Waals surface area contributed by atoms with Crippen molar-refractivity contribution in [2.45, 2.75) is 38.8 Å². The normalized spacial score (nSPS) is 14.2. The number of amides is 1. The number of aromatic nitrogens is 1. The Balaban J connectivity index is 1.47. The molecule has 0 saturated heterocycles. The standard InChI is InChI=1S/C30H30N2O4/c1-3-25-27(20(2)36-31-25)30(34)32-16-17-35-26-15-14-23(18-24(26)19-32)29(33)28(21-10-6-4-7-11-21)22-12-8-5-9-13-22/h4-15,18,28-29,33H,3,16-17,19H2,1-2H3/t29-/m0/s1. The molecule has 0 bridgehead atoms. The van der Waals surface area contributed by atoms with Crippen LogP contribution in [0.25, 0.3) is 0 Å². The molecule has 4 aromatic rings. The zero-order valence-corrected chi connectivity index (χ0v) is 20.6. The van der Waals surface area contributed by atoms with Gasteiger partial charge in [0.1, 0.15) is 23.7 Å². The van der Waals surface area contributed by atoms with E-state index in [0.717, 1.165) is 28.0 Å². The van der Waals surface area contributed by atoms with E-state index < -0.39 is 6.10 Å². The second kappa shape index (κ2) is 10.4. The molecule has 1 aromatic heterocycles. The van der Waals surface area contributed by atoms with Crippen LogP contribution in [0.2, 0.25) is 0 Å². The van der Waals surface area contributed by atoms with Crippen molar-refractivity contribution in [3.05, 3.63) is 118 Å². The van der Waals surface area contributed by atoms with E-state index in [1.54, 1.807) is 11.8 Å². The molecule has 36 heavy (non-hydrogen) atoms. The van der Waals surface area contributed by atoms with Gasteiger partial charge in [-0.15, -0.1) is 0 Å². The van der Waals surface area contributed by atoms with Crippen LogP contribution in [0.4, 0.5) is 0 Å². The zero-order chi connectivity index (χ0) is 25.1. The number of carbonyl (C=O) groups is 1.